The maximum Gasteiger partial charge on any atom is 0.251 e. The van der Waals surface area contributed by atoms with E-state index < -0.39 is 6.04 Å². The molecule has 0 saturated carbocycles. The van der Waals surface area contributed by atoms with Crippen LogP contribution in [0.5, 0.6) is 0 Å². The highest BCUT2D eigenvalue weighted by molar-refractivity contribution is 5.94. The van der Waals surface area contributed by atoms with Gasteiger partial charge in [0.25, 0.3) is 5.91 Å². The number of hydrogen-bond acceptors (Lipinski definition) is 4. The fourth-order valence-corrected chi connectivity index (χ4v) is 1.56. The third kappa shape index (κ3) is 5.38. The molecule has 1 rings (SSSR count). The Balaban J connectivity index is 2.25. The van der Waals surface area contributed by atoms with Gasteiger partial charge in [-0.2, -0.15) is 0 Å². The number of carbonyl (C=O) groups excluding carboxylic acids is 2. The largest absolute Gasteiger partial charge is 0.383 e. The van der Waals surface area contributed by atoms with Crippen LogP contribution < -0.4 is 16.4 Å². The van der Waals surface area contributed by atoms with E-state index in [1.54, 1.807) is 12.1 Å². The van der Waals surface area contributed by atoms with Gasteiger partial charge >= 0.3 is 0 Å². The lowest BCUT2D eigenvalue weighted by Gasteiger charge is -2.11. The van der Waals surface area contributed by atoms with Gasteiger partial charge in [0, 0.05) is 25.8 Å². The van der Waals surface area contributed by atoms with Crippen LogP contribution in [0.1, 0.15) is 15.9 Å². The number of carbonyl (C=O) groups is 2. The third-order valence-corrected chi connectivity index (χ3v) is 2.71. The summed E-state index contributed by atoms with van der Waals surface area (Å²) in [7, 11) is 1.48. The summed E-state index contributed by atoms with van der Waals surface area (Å²) >= 11 is 0. The predicted octanol–water partition coefficient (Wildman–Crippen LogP) is -0.185. The maximum absolute atomic E-state index is 11.8. The Hall–Kier alpha value is -1.92. The van der Waals surface area contributed by atoms with Crippen LogP contribution in [0.3, 0.4) is 0 Å². The zero-order valence-electron chi connectivity index (χ0n) is 11.8. The number of methoxy groups -OCH3 is 1. The summed E-state index contributed by atoms with van der Waals surface area (Å²) in [6.07, 6.45) is 0. The summed E-state index contributed by atoms with van der Waals surface area (Å²) in [6, 6.07) is 6.59. The monoisotopic (exact) mass is 279 g/mol. The van der Waals surface area contributed by atoms with E-state index in [9.17, 15) is 9.59 Å². The maximum atomic E-state index is 11.8. The highest BCUT2D eigenvalue weighted by Crippen LogP contribution is 2.02. The number of benzene rings is 1. The molecule has 0 spiro atoms. The molecule has 1 aromatic carbocycles. The average Bonchev–Trinajstić information content (AvgIpc) is 2.44. The molecule has 0 aliphatic rings. The second kappa shape index (κ2) is 8.29. The first-order valence-electron chi connectivity index (χ1n) is 6.41. The molecule has 0 heterocycles. The molecule has 2 amide bonds. The molecule has 4 N–H and O–H groups in total. The van der Waals surface area contributed by atoms with Crippen LogP contribution in [-0.4, -0.2) is 44.7 Å². The van der Waals surface area contributed by atoms with Crippen molar-refractivity contribution in [3.8, 4) is 0 Å². The molecule has 6 nitrogen and oxygen atoms in total. The van der Waals surface area contributed by atoms with E-state index in [1.807, 2.05) is 19.1 Å². The minimum Gasteiger partial charge on any atom is -0.383 e. The van der Waals surface area contributed by atoms with Crippen LogP contribution in [0.2, 0.25) is 0 Å². The highest BCUT2D eigenvalue weighted by atomic mass is 16.5. The van der Waals surface area contributed by atoms with Gasteiger partial charge < -0.3 is 21.1 Å². The zero-order valence-corrected chi connectivity index (χ0v) is 11.8. The van der Waals surface area contributed by atoms with Gasteiger partial charge in [0.1, 0.15) is 6.04 Å². The molecule has 0 aliphatic carbocycles. The van der Waals surface area contributed by atoms with E-state index in [-0.39, 0.29) is 18.4 Å². The van der Waals surface area contributed by atoms with E-state index >= 15 is 0 Å². The number of nitrogens with one attached hydrogen (secondary N) is 2. The van der Waals surface area contributed by atoms with E-state index in [4.69, 9.17) is 10.5 Å². The first-order valence-corrected chi connectivity index (χ1v) is 6.41. The van der Waals surface area contributed by atoms with Crippen molar-refractivity contribution in [2.24, 2.45) is 5.73 Å². The first-order chi connectivity index (χ1) is 9.54. The van der Waals surface area contributed by atoms with Crippen LogP contribution >= 0.6 is 0 Å². The summed E-state index contributed by atoms with van der Waals surface area (Å²) < 4.78 is 4.78. The second-order valence-corrected chi connectivity index (χ2v) is 4.47. The third-order valence-electron chi connectivity index (χ3n) is 2.71. The SMILES string of the molecule is COCC(N)C(=O)NCCNC(=O)c1ccc(C)cc1. The lowest BCUT2D eigenvalue weighted by atomic mass is 10.1. The minimum atomic E-state index is -0.687. The first kappa shape index (κ1) is 16.1. The number of nitrogens with two attached hydrogens (primary N) is 1. The van der Waals surface area contributed by atoms with E-state index in [0.29, 0.717) is 18.7 Å². The molecular formula is C14H21N3O3. The van der Waals surface area contributed by atoms with Crippen molar-refractivity contribution in [1.82, 2.24) is 10.6 Å². The average molecular weight is 279 g/mol. The number of amides is 2. The summed E-state index contributed by atoms with van der Waals surface area (Å²) in [5.74, 6) is -0.461. The molecule has 110 valence electrons. The number of aryl methyl sites for hydroxylation is 1. The van der Waals surface area contributed by atoms with Crippen molar-refractivity contribution >= 4 is 11.8 Å². The molecule has 0 aromatic heterocycles. The molecule has 1 unspecified atom stereocenters. The van der Waals surface area contributed by atoms with Crippen molar-refractivity contribution in [1.29, 1.82) is 0 Å². The minimum absolute atomic E-state index is 0.166. The normalized spacial score (nSPS) is 11.8. The van der Waals surface area contributed by atoms with Crippen molar-refractivity contribution in [2.45, 2.75) is 13.0 Å². The van der Waals surface area contributed by atoms with Gasteiger partial charge in [-0.05, 0) is 19.1 Å². The quantitative estimate of drug-likeness (QED) is 0.603. The van der Waals surface area contributed by atoms with Gasteiger partial charge in [-0.15, -0.1) is 0 Å². The standard InChI is InChI=1S/C14H21N3O3/c1-10-3-5-11(6-4-10)13(18)16-7-8-17-14(19)12(15)9-20-2/h3-6,12H,7-9,15H2,1-2H3,(H,16,18)(H,17,19). The lowest BCUT2D eigenvalue weighted by molar-refractivity contribution is -0.123. The van der Waals surface area contributed by atoms with Crippen LogP contribution in [-0.2, 0) is 9.53 Å². The van der Waals surface area contributed by atoms with Crippen molar-refractivity contribution in [3.63, 3.8) is 0 Å². The molecule has 1 aromatic rings. The number of rotatable bonds is 7. The molecule has 0 bridgehead atoms. The molecule has 0 saturated heterocycles. The Labute approximate surface area is 118 Å². The van der Waals surface area contributed by atoms with Crippen LogP contribution in [0.15, 0.2) is 24.3 Å². The van der Waals surface area contributed by atoms with E-state index in [2.05, 4.69) is 10.6 Å². The molecule has 0 fully saturated rings. The molecule has 20 heavy (non-hydrogen) atoms. The van der Waals surface area contributed by atoms with Gasteiger partial charge in [0.2, 0.25) is 5.91 Å². The summed E-state index contributed by atoms with van der Waals surface area (Å²) in [4.78, 5) is 23.2. The molecular weight excluding hydrogens is 258 g/mol. The smallest absolute Gasteiger partial charge is 0.251 e. The molecule has 0 radical (unpaired) electrons. The number of hydrogen-bond donors (Lipinski definition) is 3. The highest BCUT2D eigenvalue weighted by Gasteiger charge is 2.12. The van der Waals surface area contributed by atoms with E-state index in [0.717, 1.165) is 5.56 Å². The van der Waals surface area contributed by atoms with Gasteiger partial charge in [-0.25, -0.2) is 0 Å². The van der Waals surface area contributed by atoms with Crippen molar-refractivity contribution in [3.05, 3.63) is 35.4 Å². The Bertz CT molecular complexity index is 445. The molecule has 6 heteroatoms. The Morgan fingerprint density at radius 1 is 1.20 bits per heavy atom. The van der Waals surface area contributed by atoms with Gasteiger partial charge in [-0.3, -0.25) is 9.59 Å². The van der Waals surface area contributed by atoms with Crippen molar-refractivity contribution in [2.75, 3.05) is 26.8 Å². The molecule has 0 aliphatic heterocycles. The van der Waals surface area contributed by atoms with Gasteiger partial charge in [0.15, 0.2) is 0 Å². The molecule has 1 atom stereocenters. The van der Waals surface area contributed by atoms with Gasteiger partial charge in [-0.1, -0.05) is 17.7 Å². The van der Waals surface area contributed by atoms with Gasteiger partial charge in [0.05, 0.1) is 6.61 Å². The van der Waals surface area contributed by atoms with Crippen LogP contribution in [0.25, 0.3) is 0 Å². The van der Waals surface area contributed by atoms with Crippen LogP contribution in [0, 0.1) is 6.92 Å². The van der Waals surface area contributed by atoms with Crippen molar-refractivity contribution < 1.29 is 14.3 Å². The summed E-state index contributed by atoms with van der Waals surface area (Å²) in [5.41, 5.74) is 7.24. The predicted molar refractivity (Wildman–Crippen MR) is 76.4 cm³/mol. The number of ether oxygens (including phenoxy) is 1. The summed E-state index contributed by atoms with van der Waals surface area (Å²) in [6.45, 7) is 2.80. The van der Waals surface area contributed by atoms with E-state index in [1.165, 1.54) is 7.11 Å². The fraction of sp³-hybridized carbons (Fsp3) is 0.429. The fourth-order valence-electron chi connectivity index (χ4n) is 1.56. The Morgan fingerprint density at radius 3 is 2.40 bits per heavy atom. The lowest BCUT2D eigenvalue weighted by Crippen LogP contribution is -2.45. The summed E-state index contributed by atoms with van der Waals surface area (Å²) in [5, 5.41) is 5.34. The Morgan fingerprint density at radius 2 is 1.80 bits per heavy atom. The second-order valence-electron chi connectivity index (χ2n) is 4.47. The van der Waals surface area contributed by atoms with Crippen LogP contribution in [0.4, 0.5) is 0 Å². The topological polar surface area (TPSA) is 93.4 Å². The Kier molecular flexibility index (Phi) is 6.69. The zero-order chi connectivity index (χ0) is 15.0.